The number of aromatic hydroxyl groups is 2. The molecule has 12 heteroatoms. The van der Waals surface area contributed by atoms with Crippen molar-refractivity contribution in [3.63, 3.8) is 0 Å². The van der Waals surface area contributed by atoms with Crippen LogP contribution in [-0.4, -0.2) is 56.0 Å². The molecule has 2 heterocycles. The maximum Gasteiger partial charge on any atom is 0.335 e. The van der Waals surface area contributed by atoms with E-state index in [0.717, 1.165) is 36.4 Å². The Hall–Kier alpha value is -6.04. The average Bonchev–Trinajstić information content (AvgIpc) is 2.92. The number of carboxylic acid groups (broad SMARTS) is 2. The van der Waals surface area contributed by atoms with Crippen LogP contribution in [0.1, 0.15) is 62.1 Å². The minimum atomic E-state index is -1.32. The van der Waals surface area contributed by atoms with E-state index in [0.29, 0.717) is 9.80 Å². The fourth-order valence-electron chi connectivity index (χ4n) is 5.00. The van der Waals surface area contributed by atoms with E-state index >= 15 is 0 Å². The van der Waals surface area contributed by atoms with Gasteiger partial charge in [0.15, 0.2) is 0 Å². The van der Waals surface area contributed by atoms with Gasteiger partial charge >= 0.3 is 11.9 Å². The van der Waals surface area contributed by atoms with Crippen molar-refractivity contribution in [2.24, 2.45) is 0 Å². The number of imide groups is 2. The van der Waals surface area contributed by atoms with Crippen molar-refractivity contribution in [1.29, 1.82) is 0 Å². The van der Waals surface area contributed by atoms with Gasteiger partial charge in [0, 0.05) is 33.0 Å². The molecule has 0 bridgehead atoms. The third-order valence-corrected chi connectivity index (χ3v) is 6.82. The molecule has 0 radical (unpaired) electrons. The summed E-state index contributed by atoms with van der Waals surface area (Å²) in [6, 6.07) is 11.4. The fourth-order valence-corrected chi connectivity index (χ4v) is 5.00. The zero-order valence-electron chi connectivity index (χ0n) is 19.9. The largest absolute Gasteiger partial charge is 0.506 e. The van der Waals surface area contributed by atoms with Gasteiger partial charge in [0.25, 0.3) is 23.6 Å². The smallest absolute Gasteiger partial charge is 0.335 e. The highest BCUT2D eigenvalue weighted by atomic mass is 16.4. The number of aromatic carboxylic acids is 2. The molecule has 4 N–H and O–H groups in total. The molecule has 196 valence electrons. The normalized spacial score (nSPS) is 14.2. The molecule has 0 saturated carbocycles. The zero-order chi connectivity index (χ0) is 28.6. The quantitative estimate of drug-likeness (QED) is 0.281. The van der Waals surface area contributed by atoms with E-state index in [1.165, 1.54) is 24.3 Å². The standard InChI is InChI=1S/C28H14N2O10/c31-19-9-11(27(37)38)1-7-17(19)29-23(33)13-3-5-15-22-16(6-4-14(21(13)22)24(29)34)26(36)30(25(15)35)18-8-2-12(28(39)40)10-20(18)32/h1-10,31-32H,(H,37,38)(H,39,40). The van der Waals surface area contributed by atoms with Crippen LogP contribution in [0.4, 0.5) is 11.4 Å². The maximum absolute atomic E-state index is 13.5. The lowest BCUT2D eigenvalue weighted by molar-refractivity contribution is 0.0685. The molecule has 2 aliphatic heterocycles. The lowest BCUT2D eigenvalue weighted by Gasteiger charge is -2.32. The molecule has 0 atom stereocenters. The summed E-state index contributed by atoms with van der Waals surface area (Å²) in [5, 5.41) is 39.3. The van der Waals surface area contributed by atoms with Crippen LogP contribution >= 0.6 is 0 Å². The summed E-state index contributed by atoms with van der Waals surface area (Å²) in [7, 11) is 0. The highest BCUT2D eigenvalue weighted by Crippen LogP contribution is 2.42. The average molecular weight is 538 g/mol. The number of carboxylic acids is 2. The number of rotatable bonds is 4. The first kappa shape index (κ1) is 24.3. The van der Waals surface area contributed by atoms with Gasteiger partial charge in [-0.25, -0.2) is 19.4 Å². The lowest BCUT2D eigenvalue weighted by Crippen LogP contribution is -2.43. The van der Waals surface area contributed by atoms with Crippen LogP contribution < -0.4 is 9.80 Å². The lowest BCUT2D eigenvalue weighted by atomic mass is 9.85. The molecule has 12 nitrogen and oxygen atoms in total. The summed E-state index contributed by atoms with van der Waals surface area (Å²) in [6.45, 7) is 0. The van der Waals surface area contributed by atoms with Crippen molar-refractivity contribution in [2.75, 3.05) is 9.80 Å². The highest BCUT2D eigenvalue weighted by Gasteiger charge is 2.41. The van der Waals surface area contributed by atoms with Crippen LogP contribution in [0.15, 0.2) is 60.7 Å². The van der Waals surface area contributed by atoms with Crippen LogP contribution in [0.2, 0.25) is 0 Å². The summed E-state index contributed by atoms with van der Waals surface area (Å²) in [4.78, 5) is 77.9. The first-order chi connectivity index (χ1) is 19.0. The molecule has 0 spiro atoms. The predicted octanol–water partition coefficient (Wildman–Crippen LogP) is 3.25. The van der Waals surface area contributed by atoms with Gasteiger partial charge in [-0.3, -0.25) is 19.2 Å². The van der Waals surface area contributed by atoms with Gasteiger partial charge in [0.05, 0.1) is 22.5 Å². The number of phenolic OH excluding ortho intramolecular Hbond substituents is 2. The molecular weight excluding hydrogens is 524 g/mol. The number of benzene rings is 4. The van der Waals surface area contributed by atoms with Crippen molar-refractivity contribution < 1.29 is 49.2 Å². The van der Waals surface area contributed by atoms with Gasteiger partial charge < -0.3 is 20.4 Å². The van der Waals surface area contributed by atoms with Gasteiger partial charge in [0.1, 0.15) is 11.5 Å². The second-order valence-corrected chi connectivity index (χ2v) is 8.98. The Morgan fingerprint density at radius 1 is 0.500 bits per heavy atom. The number of nitrogens with zero attached hydrogens (tertiary/aromatic N) is 2. The van der Waals surface area contributed by atoms with E-state index in [1.807, 2.05) is 0 Å². The van der Waals surface area contributed by atoms with Crippen LogP contribution in [-0.2, 0) is 0 Å². The Morgan fingerprint density at radius 3 is 1.05 bits per heavy atom. The fraction of sp³-hybridized carbons (Fsp3) is 0. The van der Waals surface area contributed by atoms with Crippen LogP contribution in [0.3, 0.4) is 0 Å². The van der Waals surface area contributed by atoms with Crippen LogP contribution in [0, 0.1) is 0 Å². The minimum Gasteiger partial charge on any atom is -0.506 e. The number of phenols is 2. The summed E-state index contributed by atoms with van der Waals surface area (Å²) in [5.74, 6) is -7.37. The molecule has 40 heavy (non-hydrogen) atoms. The monoisotopic (exact) mass is 538 g/mol. The summed E-state index contributed by atoms with van der Waals surface area (Å²) in [5.41, 5.74) is -1.20. The third kappa shape index (κ3) is 3.19. The van der Waals surface area contributed by atoms with Crippen LogP contribution in [0.5, 0.6) is 11.5 Å². The number of anilines is 2. The molecule has 0 aromatic heterocycles. The Labute approximate surface area is 222 Å². The van der Waals surface area contributed by atoms with Gasteiger partial charge in [-0.1, -0.05) is 0 Å². The van der Waals surface area contributed by atoms with E-state index < -0.39 is 47.1 Å². The number of hydrogen-bond donors (Lipinski definition) is 4. The summed E-state index contributed by atoms with van der Waals surface area (Å²) < 4.78 is 0. The van der Waals surface area contributed by atoms with Crippen molar-refractivity contribution >= 4 is 57.7 Å². The van der Waals surface area contributed by atoms with Gasteiger partial charge in [-0.2, -0.15) is 0 Å². The van der Waals surface area contributed by atoms with Crippen molar-refractivity contribution in [1.82, 2.24) is 0 Å². The second-order valence-electron chi connectivity index (χ2n) is 8.98. The molecule has 0 unspecified atom stereocenters. The van der Waals surface area contributed by atoms with Crippen molar-refractivity contribution in [3.8, 4) is 11.5 Å². The molecule has 0 saturated heterocycles. The van der Waals surface area contributed by atoms with Crippen molar-refractivity contribution in [2.45, 2.75) is 0 Å². The van der Waals surface area contributed by atoms with Crippen molar-refractivity contribution in [3.05, 3.63) is 94.0 Å². The van der Waals surface area contributed by atoms with E-state index in [1.54, 1.807) is 0 Å². The van der Waals surface area contributed by atoms with E-state index in [-0.39, 0.29) is 55.5 Å². The molecule has 2 aliphatic rings. The number of carbonyl (C=O) groups is 6. The first-order valence-corrected chi connectivity index (χ1v) is 11.5. The molecule has 6 rings (SSSR count). The molecule has 4 aromatic carbocycles. The maximum atomic E-state index is 13.5. The minimum absolute atomic E-state index is 0.0420. The Morgan fingerprint density at radius 2 is 0.800 bits per heavy atom. The second kappa shape index (κ2) is 8.23. The van der Waals surface area contributed by atoms with Gasteiger partial charge in [-0.05, 0) is 60.7 Å². The molecule has 0 fully saturated rings. The van der Waals surface area contributed by atoms with Gasteiger partial charge in [0.2, 0.25) is 0 Å². The number of carbonyl (C=O) groups excluding carboxylic acids is 4. The number of amides is 4. The topological polar surface area (TPSA) is 190 Å². The van der Waals surface area contributed by atoms with E-state index in [9.17, 15) is 39.0 Å². The Kier molecular flexibility index (Phi) is 5.00. The Balaban J connectivity index is 1.50. The first-order valence-electron chi connectivity index (χ1n) is 11.5. The molecule has 4 aromatic rings. The molecule has 4 amide bonds. The molecular formula is C28H14N2O10. The van der Waals surface area contributed by atoms with E-state index in [2.05, 4.69) is 0 Å². The highest BCUT2D eigenvalue weighted by molar-refractivity contribution is 6.42. The summed E-state index contributed by atoms with van der Waals surface area (Å²) in [6.07, 6.45) is 0. The predicted molar refractivity (Wildman–Crippen MR) is 136 cm³/mol. The number of hydrogen-bond acceptors (Lipinski definition) is 8. The van der Waals surface area contributed by atoms with Crippen LogP contribution in [0.25, 0.3) is 10.8 Å². The SMILES string of the molecule is O=C(O)c1ccc(N2C(=O)c3ccc4c5c(ccc(c35)C2=O)C(=O)N(c2ccc(C(=O)O)cc2O)C4=O)c(O)c1. The van der Waals surface area contributed by atoms with E-state index in [4.69, 9.17) is 10.2 Å². The summed E-state index contributed by atoms with van der Waals surface area (Å²) >= 11 is 0. The third-order valence-electron chi connectivity index (χ3n) is 6.82. The zero-order valence-corrected chi connectivity index (χ0v) is 19.9. The van der Waals surface area contributed by atoms with Gasteiger partial charge in [-0.15, -0.1) is 0 Å². The Bertz CT molecular complexity index is 1720. The molecule has 0 aliphatic carbocycles.